The van der Waals surface area contributed by atoms with Crippen molar-refractivity contribution in [3.05, 3.63) is 42.5 Å². The second kappa shape index (κ2) is 6.87. The monoisotopic (exact) mass is 295 g/mol. The lowest BCUT2D eigenvalue weighted by Crippen LogP contribution is -1.98. The van der Waals surface area contributed by atoms with Gasteiger partial charge in [0, 0.05) is 22.8 Å². The van der Waals surface area contributed by atoms with Crippen LogP contribution in [0.2, 0.25) is 0 Å². The van der Waals surface area contributed by atoms with Crippen LogP contribution in [0.25, 0.3) is 21.8 Å². The van der Waals surface area contributed by atoms with Crippen molar-refractivity contribution < 1.29 is 5.11 Å². The number of para-hydroxylation sites is 2. The predicted molar refractivity (Wildman–Crippen MR) is 94.5 cm³/mol. The molecule has 0 atom stereocenters. The van der Waals surface area contributed by atoms with Crippen LogP contribution in [0.1, 0.15) is 45.4 Å². The van der Waals surface area contributed by atoms with Crippen molar-refractivity contribution >= 4 is 21.8 Å². The number of hydrogen-bond acceptors (Lipinski definition) is 1. The van der Waals surface area contributed by atoms with Gasteiger partial charge in [-0.15, -0.1) is 0 Å². The molecule has 0 spiro atoms. The van der Waals surface area contributed by atoms with Crippen molar-refractivity contribution in [1.29, 1.82) is 0 Å². The van der Waals surface area contributed by atoms with Crippen molar-refractivity contribution in [2.24, 2.45) is 0 Å². The molecule has 2 nitrogen and oxygen atoms in total. The van der Waals surface area contributed by atoms with E-state index in [2.05, 4.69) is 41.8 Å². The summed E-state index contributed by atoms with van der Waals surface area (Å²) in [7, 11) is 0. The molecule has 0 bridgehead atoms. The number of benzene rings is 2. The summed E-state index contributed by atoms with van der Waals surface area (Å²) in [6.07, 6.45) is 7.73. The van der Waals surface area contributed by atoms with Gasteiger partial charge in [0.25, 0.3) is 0 Å². The Morgan fingerprint density at radius 2 is 1.55 bits per heavy atom. The van der Waals surface area contributed by atoms with Crippen LogP contribution < -0.4 is 0 Å². The highest BCUT2D eigenvalue weighted by atomic mass is 16.3. The molecule has 0 fully saturated rings. The molecule has 1 aromatic heterocycles. The Hall–Kier alpha value is -1.96. The van der Waals surface area contributed by atoms with Crippen molar-refractivity contribution in [1.82, 2.24) is 4.57 Å². The van der Waals surface area contributed by atoms with Gasteiger partial charge in [-0.2, -0.15) is 0 Å². The lowest BCUT2D eigenvalue weighted by molar-refractivity contribution is 0.476. The lowest BCUT2D eigenvalue weighted by Gasteiger charge is -2.08. The van der Waals surface area contributed by atoms with Gasteiger partial charge in [-0.25, -0.2) is 0 Å². The summed E-state index contributed by atoms with van der Waals surface area (Å²) < 4.78 is 2.29. The number of aromatic hydroxyl groups is 1. The first-order chi connectivity index (χ1) is 10.8. The Kier molecular flexibility index (Phi) is 4.67. The van der Waals surface area contributed by atoms with Crippen molar-refractivity contribution in [3.8, 4) is 5.75 Å². The standard InChI is InChI=1S/C20H25NO/c1-2-3-4-5-6-9-15-21-18-13-8-7-11-16(18)17-12-10-14-19(22)20(17)21/h7-8,10-14,22H,2-6,9,15H2,1H3. The highest BCUT2D eigenvalue weighted by molar-refractivity contribution is 6.09. The summed E-state index contributed by atoms with van der Waals surface area (Å²) >= 11 is 0. The second-order valence-corrected chi connectivity index (χ2v) is 6.11. The van der Waals surface area contributed by atoms with E-state index in [1.54, 1.807) is 6.07 Å². The van der Waals surface area contributed by atoms with E-state index in [9.17, 15) is 5.11 Å². The minimum atomic E-state index is 0.389. The summed E-state index contributed by atoms with van der Waals surface area (Å²) in [5.41, 5.74) is 2.21. The molecule has 1 N–H and O–H groups in total. The predicted octanol–water partition coefficient (Wildman–Crippen LogP) is 5.86. The zero-order valence-electron chi connectivity index (χ0n) is 13.4. The molecule has 0 saturated carbocycles. The Morgan fingerprint density at radius 1 is 0.818 bits per heavy atom. The quantitative estimate of drug-likeness (QED) is 0.542. The largest absolute Gasteiger partial charge is 0.506 e. The van der Waals surface area contributed by atoms with Crippen LogP contribution in [0.4, 0.5) is 0 Å². The molecule has 1 heterocycles. The van der Waals surface area contributed by atoms with Crippen LogP contribution in [0.5, 0.6) is 5.75 Å². The van der Waals surface area contributed by atoms with E-state index in [1.165, 1.54) is 49.4 Å². The van der Waals surface area contributed by atoms with Crippen LogP contribution >= 0.6 is 0 Å². The molecule has 0 aliphatic rings. The summed E-state index contributed by atoms with van der Waals surface area (Å²) in [4.78, 5) is 0. The fourth-order valence-corrected chi connectivity index (χ4v) is 3.37. The molecule has 0 aliphatic carbocycles. The van der Waals surface area contributed by atoms with Crippen molar-refractivity contribution in [2.45, 2.75) is 52.0 Å². The van der Waals surface area contributed by atoms with Crippen molar-refractivity contribution in [3.63, 3.8) is 0 Å². The molecule has 2 heteroatoms. The first-order valence-electron chi connectivity index (χ1n) is 8.52. The Balaban J connectivity index is 1.86. The molecule has 0 saturated heterocycles. The third-order valence-corrected chi connectivity index (χ3v) is 4.50. The smallest absolute Gasteiger partial charge is 0.139 e. The maximum absolute atomic E-state index is 10.3. The van der Waals surface area contributed by atoms with Gasteiger partial charge < -0.3 is 9.67 Å². The summed E-state index contributed by atoms with van der Waals surface area (Å²) in [6, 6.07) is 14.3. The number of rotatable bonds is 7. The van der Waals surface area contributed by atoms with Gasteiger partial charge in [0.05, 0.1) is 5.52 Å². The zero-order chi connectivity index (χ0) is 15.4. The molecule has 3 rings (SSSR count). The van der Waals surface area contributed by atoms with E-state index in [-0.39, 0.29) is 0 Å². The Labute approximate surface area is 132 Å². The lowest BCUT2D eigenvalue weighted by atomic mass is 10.1. The SMILES string of the molecule is CCCCCCCCn1c2ccccc2c2cccc(O)c21. The highest BCUT2D eigenvalue weighted by Crippen LogP contribution is 2.34. The van der Waals surface area contributed by atoms with E-state index < -0.39 is 0 Å². The zero-order valence-corrected chi connectivity index (χ0v) is 13.4. The number of phenols is 1. The van der Waals surface area contributed by atoms with Gasteiger partial charge in [0.15, 0.2) is 0 Å². The molecule has 22 heavy (non-hydrogen) atoms. The molecule has 116 valence electrons. The number of aromatic nitrogens is 1. The topological polar surface area (TPSA) is 25.2 Å². The summed E-state index contributed by atoms with van der Waals surface area (Å²) in [5, 5.41) is 12.7. The molecule has 0 radical (unpaired) electrons. The van der Waals surface area contributed by atoms with Gasteiger partial charge >= 0.3 is 0 Å². The average Bonchev–Trinajstić information content (AvgIpc) is 2.87. The minimum absolute atomic E-state index is 0.389. The Morgan fingerprint density at radius 3 is 2.41 bits per heavy atom. The van der Waals surface area contributed by atoms with Gasteiger partial charge in [-0.1, -0.05) is 69.4 Å². The van der Waals surface area contributed by atoms with E-state index in [0.29, 0.717) is 5.75 Å². The van der Waals surface area contributed by atoms with Gasteiger partial charge in [-0.05, 0) is 18.6 Å². The first kappa shape index (κ1) is 15.0. The normalized spacial score (nSPS) is 11.5. The van der Waals surface area contributed by atoms with E-state index in [0.717, 1.165) is 17.4 Å². The molecule has 0 unspecified atom stereocenters. The number of fused-ring (bicyclic) bond motifs is 3. The molecule has 3 aromatic rings. The molecular formula is C20H25NO. The third kappa shape index (κ3) is 2.83. The van der Waals surface area contributed by atoms with Crippen LogP contribution in [0.3, 0.4) is 0 Å². The minimum Gasteiger partial charge on any atom is -0.506 e. The Bertz CT molecular complexity index is 757. The van der Waals surface area contributed by atoms with Crippen LogP contribution in [0.15, 0.2) is 42.5 Å². The number of unbranched alkanes of at least 4 members (excludes halogenated alkanes) is 5. The summed E-state index contributed by atoms with van der Waals surface area (Å²) in [5.74, 6) is 0.389. The second-order valence-electron chi connectivity index (χ2n) is 6.11. The van der Waals surface area contributed by atoms with E-state index in [4.69, 9.17) is 0 Å². The van der Waals surface area contributed by atoms with Crippen LogP contribution in [0, 0.1) is 0 Å². The molecular weight excluding hydrogens is 270 g/mol. The maximum atomic E-state index is 10.3. The number of aryl methyl sites for hydroxylation is 1. The molecule has 2 aromatic carbocycles. The van der Waals surface area contributed by atoms with Crippen molar-refractivity contribution in [2.75, 3.05) is 0 Å². The summed E-state index contributed by atoms with van der Waals surface area (Å²) in [6.45, 7) is 3.23. The number of nitrogens with zero attached hydrogens (tertiary/aromatic N) is 1. The molecule has 0 amide bonds. The first-order valence-corrected chi connectivity index (χ1v) is 8.52. The van der Waals surface area contributed by atoms with Gasteiger partial charge in [0.2, 0.25) is 0 Å². The van der Waals surface area contributed by atoms with Crippen LogP contribution in [-0.4, -0.2) is 9.67 Å². The van der Waals surface area contributed by atoms with E-state index in [1.807, 2.05) is 6.07 Å². The fourth-order valence-electron chi connectivity index (χ4n) is 3.37. The highest BCUT2D eigenvalue weighted by Gasteiger charge is 2.12. The fraction of sp³-hybridized carbons (Fsp3) is 0.400. The average molecular weight is 295 g/mol. The number of phenolic OH excluding ortho intramolecular Hbond substituents is 1. The van der Waals surface area contributed by atoms with Crippen LogP contribution in [-0.2, 0) is 6.54 Å². The third-order valence-electron chi connectivity index (χ3n) is 4.50. The molecule has 0 aliphatic heterocycles. The van der Waals surface area contributed by atoms with Gasteiger partial charge in [0.1, 0.15) is 5.75 Å². The number of hydrogen-bond donors (Lipinski definition) is 1. The van der Waals surface area contributed by atoms with Gasteiger partial charge in [-0.3, -0.25) is 0 Å². The maximum Gasteiger partial charge on any atom is 0.139 e. The van der Waals surface area contributed by atoms with E-state index >= 15 is 0 Å².